The van der Waals surface area contributed by atoms with Crippen LogP contribution in [0, 0.1) is 0 Å². The van der Waals surface area contributed by atoms with E-state index in [0.29, 0.717) is 12.3 Å². The molecular formula is C13H14O2. The number of carbonyl (C=O) groups is 1. The second-order valence-corrected chi connectivity index (χ2v) is 4.35. The fourth-order valence-electron chi connectivity index (χ4n) is 2.90. The van der Waals surface area contributed by atoms with Crippen molar-refractivity contribution in [2.24, 2.45) is 0 Å². The van der Waals surface area contributed by atoms with Crippen LogP contribution in [0.3, 0.4) is 0 Å². The van der Waals surface area contributed by atoms with Gasteiger partial charge in [-0.2, -0.15) is 0 Å². The van der Waals surface area contributed by atoms with Crippen molar-refractivity contribution in [3.63, 3.8) is 0 Å². The van der Waals surface area contributed by atoms with E-state index in [-0.39, 0.29) is 0 Å². The Hall–Kier alpha value is -1.31. The molecule has 0 spiro atoms. The summed E-state index contributed by atoms with van der Waals surface area (Å²) in [5.41, 5.74) is 4.24. The van der Waals surface area contributed by atoms with Crippen molar-refractivity contribution >= 4 is 6.29 Å². The number of fused-ring (bicyclic) bond motifs is 3. The van der Waals surface area contributed by atoms with Crippen LogP contribution in [-0.2, 0) is 17.6 Å². The predicted molar refractivity (Wildman–Crippen MR) is 57.4 cm³/mol. The highest BCUT2D eigenvalue weighted by molar-refractivity contribution is 5.57. The van der Waals surface area contributed by atoms with E-state index in [4.69, 9.17) is 4.74 Å². The van der Waals surface area contributed by atoms with E-state index >= 15 is 0 Å². The molecule has 2 heteroatoms. The van der Waals surface area contributed by atoms with Crippen molar-refractivity contribution in [1.82, 2.24) is 0 Å². The average molecular weight is 202 g/mol. The number of aldehydes is 1. The maximum Gasteiger partial charge on any atom is 0.122 e. The largest absolute Gasteiger partial charge is 0.493 e. The molecule has 1 aromatic rings. The number of hydrogen-bond donors (Lipinski definition) is 0. The first-order valence-corrected chi connectivity index (χ1v) is 5.61. The SMILES string of the molecule is O=CCC1CCc2ccc3c(c21)CCO3. The first kappa shape index (κ1) is 8.96. The van der Waals surface area contributed by atoms with Crippen LogP contribution < -0.4 is 4.74 Å². The van der Waals surface area contributed by atoms with Crippen LogP contribution in [0.2, 0.25) is 0 Å². The molecule has 1 unspecified atom stereocenters. The van der Waals surface area contributed by atoms with E-state index in [2.05, 4.69) is 12.1 Å². The van der Waals surface area contributed by atoms with Gasteiger partial charge in [-0.1, -0.05) is 6.07 Å². The Bertz CT molecular complexity index is 409. The molecule has 78 valence electrons. The second-order valence-electron chi connectivity index (χ2n) is 4.35. The zero-order chi connectivity index (χ0) is 10.3. The Morgan fingerprint density at radius 2 is 2.33 bits per heavy atom. The highest BCUT2D eigenvalue weighted by Gasteiger charge is 2.28. The lowest BCUT2D eigenvalue weighted by atomic mass is 9.92. The van der Waals surface area contributed by atoms with Crippen LogP contribution >= 0.6 is 0 Å². The molecule has 0 fully saturated rings. The highest BCUT2D eigenvalue weighted by atomic mass is 16.5. The summed E-state index contributed by atoms with van der Waals surface area (Å²) < 4.78 is 5.56. The normalized spacial score (nSPS) is 22.0. The van der Waals surface area contributed by atoms with Crippen LogP contribution in [0.15, 0.2) is 12.1 Å². The smallest absolute Gasteiger partial charge is 0.122 e. The molecule has 0 N–H and O–H groups in total. The third kappa shape index (κ3) is 1.28. The Morgan fingerprint density at radius 1 is 1.40 bits per heavy atom. The van der Waals surface area contributed by atoms with Crippen LogP contribution in [0.4, 0.5) is 0 Å². The van der Waals surface area contributed by atoms with Crippen LogP contribution in [0.1, 0.15) is 35.4 Å². The summed E-state index contributed by atoms with van der Waals surface area (Å²) in [6.07, 6.45) is 5.00. The van der Waals surface area contributed by atoms with Crippen LogP contribution in [0.5, 0.6) is 5.75 Å². The Morgan fingerprint density at radius 3 is 3.20 bits per heavy atom. The summed E-state index contributed by atoms with van der Waals surface area (Å²) in [5.74, 6) is 1.50. The van der Waals surface area contributed by atoms with E-state index in [1.807, 2.05) is 0 Å². The molecule has 0 amide bonds. The van der Waals surface area contributed by atoms with Gasteiger partial charge in [0, 0.05) is 18.4 Å². The summed E-state index contributed by atoms with van der Waals surface area (Å²) in [7, 11) is 0. The minimum absolute atomic E-state index is 0.453. The fourth-order valence-corrected chi connectivity index (χ4v) is 2.90. The monoisotopic (exact) mass is 202 g/mol. The molecular weight excluding hydrogens is 188 g/mol. The number of aryl methyl sites for hydroxylation is 1. The Labute approximate surface area is 89.2 Å². The van der Waals surface area contributed by atoms with Gasteiger partial charge in [-0.15, -0.1) is 0 Å². The van der Waals surface area contributed by atoms with Gasteiger partial charge in [-0.25, -0.2) is 0 Å². The lowest BCUT2D eigenvalue weighted by Crippen LogP contribution is -1.98. The van der Waals surface area contributed by atoms with Gasteiger partial charge in [0.25, 0.3) is 0 Å². The molecule has 0 saturated heterocycles. The van der Waals surface area contributed by atoms with Gasteiger partial charge in [0.15, 0.2) is 0 Å². The first-order valence-electron chi connectivity index (χ1n) is 5.61. The zero-order valence-corrected chi connectivity index (χ0v) is 8.66. The van der Waals surface area contributed by atoms with Crippen molar-refractivity contribution in [3.05, 3.63) is 28.8 Å². The van der Waals surface area contributed by atoms with Gasteiger partial charge in [0.05, 0.1) is 6.61 Å². The fraction of sp³-hybridized carbons (Fsp3) is 0.462. The molecule has 0 radical (unpaired) electrons. The maximum absolute atomic E-state index is 10.6. The van der Waals surface area contributed by atoms with Crippen molar-refractivity contribution in [2.45, 2.75) is 31.6 Å². The van der Waals surface area contributed by atoms with Crippen molar-refractivity contribution in [3.8, 4) is 5.75 Å². The lowest BCUT2D eigenvalue weighted by Gasteiger charge is -2.11. The van der Waals surface area contributed by atoms with Crippen molar-refractivity contribution in [1.29, 1.82) is 0 Å². The molecule has 3 rings (SSSR count). The maximum atomic E-state index is 10.6. The minimum atomic E-state index is 0.453. The number of ether oxygens (including phenoxy) is 1. The van der Waals surface area contributed by atoms with Crippen LogP contribution in [0.25, 0.3) is 0 Å². The molecule has 1 aliphatic carbocycles. The first-order chi connectivity index (χ1) is 7.40. The van der Waals surface area contributed by atoms with Crippen molar-refractivity contribution < 1.29 is 9.53 Å². The topological polar surface area (TPSA) is 26.3 Å². The average Bonchev–Trinajstić information content (AvgIpc) is 2.83. The molecule has 2 nitrogen and oxygen atoms in total. The minimum Gasteiger partial charge on any atom is -0.493 e. The number of rotatable bonds is 2. The molecule has 1 aromatic carbocycles. The molecule has 1 aliphatic heterocycles. The molecule has 0 aromatic heterocycles. The van der Waals surface area contributed by atoms with Crippen LogP contribution in [-0.4, -0.2) is 12.9 Å². The van der Waals surface area contributed by atoms with Gasteiger partial charge in [0.2, 0.25) is 0 Å². The molecule has 1 heterocycles. The number of carbonyl (C=O) groups excluding carboxylic acids is 1. The number of benzene rings is 1. The quantitative estimate of drug-likeness (QED) is 0.687. The van der Waals surface area contributed by atoms with E-state index in [9.17, 15) is 4.79 Å². The number of hydrogen-bond acceptors (Lipinski definition) is 2. The van der Waals surface area contributed by atoms with E-state index in [0.717, 1.165) is 37.9 Å². The molecule has 1 atom stereocenters. The predicted octanol–water partition coefficient (Wildman–Crippen LogP) is 2.24. The summed E-state index contributed by atoms with van der Waals surface area (Å²) in [4.78, 5) is 10.6. The molecule has 15 heavy (non-hydrogen) atoms. The molecule has 0 saturated carbocycles. The summed E-state index contributed by atoms with van der Waals surface area (Å²) in [5, 5.41) is 0. The van der Waals surface area contributed by atoms with Gasteiger partial charge in [-0.3, -0.25) is 0 Å². The Kier molecular flexibility index (Phi) is 2.01. The van der Waals surface area contributed by atoms with Gasteiger partial charge < -0.3 is 9.53 Å². The zero-order valence-electron chi connectivity index (χ0n) is 8.66. The van der Waals surface area contributed by atoms with E-state index in [1.165, 1.54) is 16.7 Å². The lowest BCUT2D eigenvalue weighted by molar-refractivity contribution is -0.108. The van der Waals surface area contributed by atoms with Crippen molar-refractivity contribution in [2.75, 3.05) is 6.61 Å². The van der Waals surface area contributed by atoms with Gasteiger partial charge in [0.1, 0.15) is 12.0 Å². The van der Waals surface area contributed by atoms with E-state index < -0.39 is 0 Å². The second kappa shape index (κ2) is 3.37. The third-order valence-corrected chi connectivity index (χ3v) is 3.57. The summed E-state index contributed by atoms with van der Waals surface area (Å²) in [6.45, 7) is 0.805. The summed E-state index contributed by atoms with van der Waals surface area (Å²) in [6, 6.07) is 4.26. The van der Waals surface area contributed by atoms with Gasteiger partial charge in [-0.05, 0) is 36.0 Å². The summed E-state index contributed by atoms with van der Waals surface area (Å²) >= 11 is 0. The third-order valence-electron chi connectivity index (χ3n) is 3.57. The highest BCUT2D eigenvalue weighted by Crippen LogP contribution is 2.42. The molecule has 2 aliphatic rings. The van der Waals surface area contributed by atoms with Gasteiger partial charge >= 0.3 is 0 Å². The Balaban J connectivity index is 2.09. The molecule has 0 bridgehead atoms. The van der Waals surface area contributed by atoms with E-state index in [1.54, 1.807) is 0 Å². The standard InChI is InChI=1S/C13H14O2/c14-7-5-10-2-1-9-3-4-12-11(13(9)10)6-8-15-12/h3-4,7,10H,1-2,5-6,8H2.